The molecule has 114 valence electrons. The van der Waals surface area contributed by atoms with Gasteiger partial charge in [0.1, 0.15) is 5.75 Å². The molecule has 1 atom stereocenters. The summed E-state index contributed by atoms with van der Waals surface area (Å²) in [6, 6.07) is 10.0. The van der Waals surface area contributed by atoms with E-state index in [0.717, 1.165) is 29.8 Å². The molecule has 0 aliphatic rings. The maximum Gasteiger partial charge on any atom is 0.124 e. The van der Waals surface area contributed by atoms with Crippen molar-refractivity contribution in [2.45, 2.75) is 46.2 Å². The van der Waals surface area contributed by atoms with Crippen LogP contribution in [0.5, 0.6) is 5.75 Å². The number of hydrogen-bond donors (Lipinski definition) is 1. The van der Waals surface area contributed by atoms with Gasteiger partial charge in [0.15, 0.2) is 0 Å². The minimum Gasteiger partial charge on any atom is -0.494 e. The zero-order valence-corrected chi connectivity index (χ0v) is 13.2. The van der Waals surface area contributed by atoms with Crippen LogP contribution < -0.4 is 10.5 Å². The molecule has 4 nitrogen and oxygen atoms in total. The number of nitrogens with two attached hydrogens (primary N) is 1. The normalized spacial score (nSPS) is 12.4. The Balaban J connectivity index is 2.21. The maximum absolute atomic E-state index is 6.39. The molecule has 21 heavy (non-hydrogen) atoms. The van der Waals surface area contributed by atoms with Crippen molar-refractivity contribution < 1.29 is 4.74 Å². The minimum absolute atomic E-state index is 0.123. The second kappa shape index (κ2) is 7.27. The monoisotopic (exact) mass is 287 g/mol. The summed E-state index contributed by atoms with van der Waals surface area (Å²) in [4.78, 5) is 0. The van der Waals surface area contributed by atoms with Crippen molar-refractivity contribution in [1.29, 1.82) is 0 Å². The van der Waals surface area contributed by atoms with Crippen molar-refractivity contribution in [2.75, 3.05) is 6.61 Å². The zero-order valence-electron chi connectivity index (χ0n) is 13.2. The predicted molar refractivity (Wildman–Crippen MR) is 85.5 cm³/mol. The van der Waals surface area contributed by atoms with Crippen molar-refractivity contribution in [3.8, 4) is 5.75 Å². The Hall–Kier alpha value is -1.81. The van der Waals surface area contributed by atoms with Crippen LogP contribution in [0.2, 0.25) is 0 Å². The van der Waals surface area contributed by atoms with E-state index in [4.69, 9.17) is 10.5 Å². The standard InChI is InChI=1S/C17H25N3O/c1-4-13-11-14(5-2)20(19-13)12-16(18)15-9-7-8-10-17(15)21-6-3/h7-11,16H,4-6,12,18H2,1-3H3. The van der Waals surface area contributed by atoms with Crippen molar-refractivity contribution in [3.05, 3.63) is 47.3 Å². The molecule has 0 fully saturated rings. The molecule has 1 unspecified atom stereocenters. The summed E-state index contributed by atoms with van der Waals surface area (Å²) >= 11 is 0. The fourth-order valence-corrected chi connectivity index (χ4v) is 2.49. The summed E-state index contributed by atoms with van der Waals surface area (Å²) in [5.74, 6) is 0.869. The fourth-order valence-electron chi connectivity index (χ4n) is 2.49. The first-order valence-corrected chi connectivity index (χ1v) is 7.72. The van der Waals surface area contributed by atoms with Gasteiger partial charge in [-0.15, -0.1) is 0 Å². The summed E-state index contributed by atoms with van der Waals surface area (Å²) in [5.41, 5.74) is 9.78. The van der Waals surface area contributed by atoms with Gasteiger partial charge in [0.2, 0.25) is 0 Å². The van der Waals surface area contributed by atoms with E-state index < -0.39 is 0 Å². The Morgan fingerprint density at radius 3 is 2.62 bits per heavy atom. The van der Waals surface area contributed by atoms with Gasteiger partial charge in [-0.05, 0) is 31.9 Å². The van der Waals surface area contributed by atoms with Crippen LogP contribution in [-0.4, -0.2) is 16.4 Å². The number of nitrogens with zero attached hydrogens (tertiary/aromatic N) is 2. The highest BCUT2D eigenvalue weighted by Gasteiger charge is 2.15. The zero-order chi connectivity index (χ0) is 15.2. The molecule has 1 aromatic carbocycles. The lowest BCUT2D eigenvalue weighted by Crippen LogP contribution is -2.20. The van der Waals surface area contributed by atoms with Crippen LogP contribution in [0.3, 0.4) is 0 Å². The van der Waals surface area contributed by atoms with Crippen molar-refractivity contribution in [3.63, 3.8) is 0 Å². The molecule has 2 N–H and O–H groups in total. The molecule has 1 aromatic heterocycles. The first-order valence-electron chi connectivity index (χ1n) is 7.72. The molecular weight excluding hydrogens is 262 g/mol. The summed E-state index contributed by atoms with van der Waals surface area (Å²) in [6.07, 6.45) is 1.91. The van der Waals surface area contributed by atoms with Crippen LogP contribution in [0.4, 0.5) is 0 Å². The molecule has 0 amide bonds. The average Bonchev–Trinajstić information content (AvgIpc) is 2.90. The number of aromatic nitrogens is 2. The van der Waals surface area contributed by atoms with Crippen molar-refractivity contribution in [2.24, 2.45) is 5.73 Å². The smallest absolute Gasteiger partial charge is 0.124 e. The van der Waals surface area contributed by atoms with E-state index in [1.54, 1.807) is 0 Å². The van der Waals surface area contributed by atoms with Crippen molar-refractivity contribution >= 4 is 0 Å². The lowest BCUT2D eigenvalue weighted by molar-refractivity contribution is 0.332. The molecule has 0 bridgehead atoms. The molecule has 0 saturated carbocycles. The van der Waals surface area contributed by atoms with E-state index in [1.165, 1.54) is 5.69 Å². The molecule has 0 aliphatic heterocycles. The van der Waals surface area contributed by atoms with E-state index in [2.05, 4.69) is 25.0 Å². The first-order chi connectivity index (χ1) is 10.2. The first kappa shape index (κ1) is 15.6. The quantitative estimate of drug-likeness (QED) is 0.851. The Kier molecular flexibility index (Phi) is 5.39. The molecule has 4 heteroatoms. The Labute approximate surface area is 126 Å². The van der Waals surface area contributed by atoms with E-state index in [9.17, 15) is 0 Å². The van der Waals surface area contributed by atoms with Crippen LogP contribution in [0.25, 0.3) is 0 Å². The number of ether oxygens (including phenoxy) is 1. The second-order valence-electron chi connectivity index (χ2n) is 5.09. The van der Waals surface area contributed by atoms with Crippen LogP contribution in [0.15, 0.2) is 30.3 Å². The molecule has 2 aromatic rings. The highest BCUT2D eigenvalue weighted by molar-refractivity contribution is 5.35. The highest BCUT2D eigenvalue weighted by Crippen LogP contribution is 2.25. The minimum atomic E-state index is -0.123. The summed E-state index contributed by atoms with van der Waals surface area (Å²) in [7, 11) is 0. The fraction of sp³-hybridized carbons (Fsp3) is 0.471. The van der Waals surface area contributed by atoms with Gasteiger partial charge in [0.05, 0.1) is 24.9 Å². The third-order valence-corrected chi connectivity index (χ3v) is 3.63. The Bertz CT molecular complexity index is 577. The van der Waals surface area contributed by atoms with Gasteiger partial charge in [-0.3, -0.25) is 4.68 Å². The third-order valence-electron chi connectivity index (χ3n) is 3.63. The van der Waals surface area contributed by atoms with Crippen LogP contribution >= 0.6 is 0 Å². The largest absolute Gasteiger partial charge is 0.494 e. The molecule has 0 radical (unpaired) electrons. The van der Waals surface area contributed by atoms with E-state index >= 15 is 0 Å². The summed E-state index contributed by atoms with van der Waals surface area (Å²) in [5, 5.41) is 4.64. The highest BCUT2D eigenvalue weighted by atomic mass is 16.5. The molecule has 0 spiro atoms. The summed E-state index contributed by atoms with van der Waals surface area (Å²) < 4.78 is 7.70. The average molecular weight is 287 g/mol. The van der Waals surface area contributed by atoms with Gasteiger partial charge in [0.25, 0.3) is 0 Å². The van der Waals surface area contributed by atoms with E-state index in [1.807, 2.05) is 35.9 Å². The van der Waals surface area contributed by atoms with E-state index in [-0.39, 0.29) is 6.04 Å². The number of benzene rings is 1. The molecule has 0 saturated heterocycles. The molecule has 1 heterocycles. The van der Waals surface area contributed by atoms with E-state index in [0.29, 0.717) is 13.2 Å². The SMILES string of the molecule is CCOc1ccccc1C(N)Cn1nc(CC)cc1CC. The number of hydrogen-bond acceptors (Lipinski definition) is 3. The van der Waals surface area contributed by atoms with Gasteiger partial charge in [-0.25, -0.2) is 0 Å². The number of aryl methyl sites for hydroxylation is 2. The lowest BCUT2D eigenvalue weighted by atomic mass is 10.1. The topological polar surface area (TPSA) is 53.1 Å². The van der Waals surface area contributed by atoms with Gasteiger partial charge in [-0.1, -0.05) is 32.0 Å². The predicted octanol–water partition coefficient (Wildman–Crippen LogP) is 3.11. The number of rotatable bonds is 7. The van der Waals surface area contributed by atoms with Gasteiger partial charge < -0.3 is 10.5 Å². The second-order valence-corrected chi connectivity index (χ2v) is 5.09. The Morgan fingerprint density at radius 2 is 1.95 bits per heavy atom. The van der Waals surface area contributed by atoms with Gasteiger partial charge in [0, 0.05) is 11.3 Å². The third kappa shape index (κ3) is 3.64. The van der Waals surface area contributed by atoms with Gasteiger partial charge >= 0.3 is 0 Å². The van der Waals surface area contributed by atoms with Crippen LogP contribution in [-0.2, 0) is 19.4 Å². The molecular formula is C17H25N3O. The molecule has 0 aliphatic carbocycles. The molecule has 2 rings (SSSR count). The summed E-state index contributed by atoms with van der Waals surface area (Å²) in [6.45, 7) is 7.57. The van der Waals surface area contributed by atoms with Gasteiger partial charge in [-0.2, -0.15) is 5.10 Å². The number of para-hydroxylation sites is 1. The Morgan fingerprint density at radius 1 is 1.19 bits per heavy atom. The van der Waals surface area contributed by atoms with Crippen molar-refractivity contribution in [1.82, 2.24) is 9.78 Å². The van der Waals surface area contributed by atoms with Crippen LogP contribution in [0.1, 0.15) is 43.8 Å². The maximum atomic E-state index is 6.39. The lowest BCUT2D eigenvalue weighted by Gasteiger charge is -2.17. The van der Waals surface area contributed by atoms with Crippen LogP contribution in [0, 0.1) is 0 Å².